The van der Waals surface area contributed by atoms with Crippen molar-refractivity contribution in [2.24, 2.45) is 11.7 Å². The highest BCUT2D eigenvalue weighted by Crippen LogP contribution is 2.41. The SMILES string of the molecule is CC(C)(C)N.CCCCCCCCOC(=O)[C@H](CCc1ccccc1)N[C@@H](C)C(=O)N1[C@H](C(=O)O)C[C@@H]2CCC[C@@H]21. The number of benzene rings is 1. The first-order valence-electron chi connectivity index (χ1n) is 15.7. The van der Waals surface area contributed by atoms with E-state index in [1.807, 2.05) is 51.1 Å². The molecule has 1 heterocycles. The van der Waals surface area contributed by atoms with Crippen LogP contribution in [0.2, 0.25) is 0 Å². The number of carboxylic acid groups (broad SMARTS) is 1. The molecule has 0 bridgehead atoms. The summed E-state index contributed by atoms with van der Waals surface area (Å²) in [5.41, 5.74) is 6.47. The zero-order valence-corrected chi connectivity index (χ0v) is 26.1. The summed E-state index contributed by atoms with van der Waals surface area (Å²) in [4.78, 5) is 40.0. The monoisotopic (exact) mass is 573 g/mol. The third-order valence-corrected chi connectivity index (χ3v) is 7.79. The molecule has 1 amide bonds. The molecule has 0 aromatic heterocycles. The Bertz CT molecular complexity index is 927. The minimum absolute atomic E-state index is 0. The molecule has 1 saturated heterocycles. The summed E-state index contributed by atoms with van der Waals surface area (Å²) in [6, 6.07) is 7.86. The van der Waals surface area contributed by atoms with Gasteiger partial charge in [-0.15, -0.1) is 0 Å². The lowest BCUT2D eigenvalue weighted by Gasteiger charge is -2.32. The van der Waals surface area contributed by atoms with Crippen molar-refractivity contribution >= 4 is 17.8 Å². The first-order chi connectivity index (χ1) is 19.4. The number of carbonyl (C=O) groups is 3. The molecular formula is C33H55N3O5. The number of unbranched alkanes of at least 4 members (excludes halogenated alkanes) is 5. The number of nitrogens with one attached hydrogen (secondary N) is 1. The lowest BCUT2D eigenvalue weighted by atomic mass is 10.0. The Kier molecular flexibility index (Phi) is 14.8. The van der Waals surface area contributed by atoms with Gasteiger partial charge in [-0.3, -0.25) is 14.9 Å². The zero-order chi connectivity index (χ0) is 30.4. The van der Waals surface area contributed by atoms with E-state index in [0.29, 0.717) is 25.9 Å². The quantitative estimate of drug-likeness (QED) is 0.188. The van der Waals surface area contributed by atoms with E-state index in [0.717, 1.165) is 44.1 Å². The molecule has 5 atom stereocenters. The van der Waals surface area contributed by atoms with Crippen molar-refractivity contribution in [3.63, 3.8) is 0 Å². The van der Waals surface area contributed by atoms with Gasteiger partial charge in [0.15, 0.2) is 0 Å². The van der Waals surface area contributed by atoms with Crippen LogP contribution in [-0.4, -0.2) is 64.2 Å². The molecule has 2 fully saturated rings. The molecule has 1 saturated carbocycles. The zero-order valence-electron chi connectivity index (χ0n) is 26.1. The van der Waals surface area contributed by atoms with Crippen molar-refractivity contribution in [3.05, 3.63) is 35.9 Å². The number of rotatable bonds is 15. The fraction of sp³-hybridized carbons (Fsp3) is 0.727. The van der Waals surface area contributed by atoms with Gasteiger partial charge in [0.1, 0.15) is 12.1 Å². The summed E-state index contributed by atoms with van der Waals surface area (Å²) in [6.45, 7) is 10.2. The average Bonchev–Trinajstić information content (AvgIpc) is 3.51. The molecule has 8 heteroatoms. The summed E-state index contributed by atoms with van der Waals surface area (Å²) in [5.74, 6) is -1.25. The second-order valence-corrected chi connectivity index (χ2v) is 12.9. The third kappa shape index (κ3) is 12.5. The maximum absolute atomic E-state index is 13.5. The van der Waals surface area contributed by atoms with Gasteiger partial charge >= 0.3 is 11.9 Å². The minimum Gasteiger partial charge on any atom is -0.480 e. The molecule has 2 aliphatic rings. The number of fused-ring (bicyclic) bond motifs is 1. The van der Waals surface area contributed by atoms with Crippen LogP contribution in [0.15, 0.2) is 30.3 Å². The van der Waals surface area contributed by atoms with Crippen LogP contribution in [-0.2, 0) is 25.5 Å². The molecule has 3 rings (SSSR count). The van der Waals surface area contributed by atoms with Crippen LogP contribution in [0.4, 0.5) is 0 Å². The van der Waals surface area contributed by atoms with Gasteiger partial charge in [0.2, 0.25) is 5.91 Å². The standard InChI is InChI=1S/C29H44N2O5.C4H11N/c1-3-4-5-6-7-11-19-36-29(35)24(18-17-22-13-9-8-10-14-22)30-21(2)27(32)31-25-16-12-15-23(25)20-26(31)28(33)34;1-4(2,3)5/h8-10,13-14,21,23-26,30H,3-7,11-12,15-20H2,1-2H3,(H,33,34);5H2,1-3H3/t21-,23-,24-,25-,26-;/m0./s1. The lowest BCUT2D eigenvalue weighted by Crippen LogP contribution is -2.55. The lowest BCUT2D eigenvalue weighted by molar-refractivity contribution is -0.151. The van der Waals surface area contributed by atoms with Gasteiger partial charge in [0.25, 0.3) is 0 Å². The first kappa shape index (κ1) is 34.7. The highest BCUT2D eigenvalue weighted by atomic mass is 16.5. The Balaban J connectivity index is 0.00000108. The number of aryl methyl sites for hydroxylation is 1. The van der Waals surface area contributed by atoms with Gasteiger partial charge in [-0.2, -0.15) is 0 Å². The summed E-state index contributed by atoms with van der Waals surface area (Å²) < 4.78 is 5.61. The van der Waals surface area contributed by atoms with Crippen LogP contribution in [0.1, 0.15) is 111 Å². The molecule has 4 N–H and O–H groups in total. The Morgan fingerprint density at radius 1 is 1.07 bits per heavy atom. The minimum atomic E-state index is -0.941. The number of carboxylic acids is 1. The number of carbonyl (C=O) groups excluding carboxylic acids is 2. The van der Waals surface area contributed by atoms with Crippen LogP contribution >= 0.6 is 0 Å². The Morgan fingerprint density at radius 2 is 1.71 bits per heavy atom. The van der Waals surface area contributed by atoms with Crippen molar-refractivity contribution in [3.8, 4) is 0 Å². The average molecular weight is 574 g/mol. The number of ether oxygens (including phenoxy) is 1. The molecule has 1 aromatic rings. The number of nitrogens with two attached hydrogens (primary N) is 1. The molecule has 0 spiro atoms. The molecule has 0 unspecified atom stereocenters. The fourth-order valence-corrected chi connectivity index (χ4v) is 5.80. The van der Waals surface area contributed by atoms with Crippen LogP contribution < -0.4 is 11.1 Å². The Labute approximate surface area is 247 Å². The van der Waals surface area contributed by atoms with E-state index in [4.69, 9.17) is 10.5 Å². The smallest absolute Gasteiger partial charge is 0.326 e. The van der Waals surface area contributed by atoms with Gasteiger partial charge in [-0.1, -0.05) is 75.8 Å². The predicted octanol–water partition coefficient (Wildman–Crippen LogP) is 5.47. The van der Waals surface area contributed by atoms with Crippen molar-refractivity contribution < 1.29 is 24.2 Å². The number of amides is 1. The number of esters is 1. The molecular weight excluding hydrogens is 518 g/mol. The van der Waals surface area contributed by atoms with Crippen LogP contribution in [0.5, 0.6) is 0 Å². The van der Waals surface area contributed by atoms with Gasteiger partial charge in [-0.25, -0.2) is 4.79 Å². The van der Waals surface area contributed by atoms with E-state index in [9.17, 15) is 19.5 Å². The van der Waals surface area contributed by atoms with Crippen molar-refractivity contribution in [1.82, 2.24) is 10.2 Å². The summed E-state index contributed by atoms with van der Waals surface area (Å²) in [5, 5.41) is 13.0. The van der Waals surface area contributed by atoms with E-state index in [2.05, 4.69) is 12.2 Å². The molecule has 8 nitrogen and oxygen atoms in total. The largest absolute Gasteiger partial charge is 0.480 e. The van der Waals surface area contributed by atoms with Crippen molar-refractivity contribution in [2.75, 3.05) is 6.61 Å². The Morgan fingerprint density at radius 3 is 2.34 bits per heavy atom. The maximum Gasteiger partial charge on any atom is 0.326 e. The number of likely N-dealkylation sites (tertiary alicyclic amines) is 1. The van der Waals surface area contributed by atoms with Gasteiger partial charge in [-0.05, 0) is 77.7 Å². The van der Waals surface area contributed by atoms with E-state index < -0.39 is 24.1 Å². The molecule has 232 valence electrons. The van der Waals surface area contributed by atoms with Crippen LogP contribution in [0.25, 0.3) is 0 Å². The topological polar surface area (TPSA) is 122 Å². The van der Waals surface area contributed by atoms with Crippen LogP contribution in [0.3, 0.4) is 0 Å². The highest BCUT2D eigenvalue weighted by molar-refractivity contribution is 5.88. The molecule has 41 heavy (non-hydrogen) atoms. The number of aliphatic carboxylic acids is 1. The predicted molar refractivity (Wildman–Crippen MR) is 163 cm³/mol. The molecule has 1 aliphatic heterocycles. The first-order valence-corrected chi connectivity index (χ1v) is 15.7. The number of nitrogens with zero attached hydrogens (tertiary/aromatic N) is 1. The number of hydrogen-bond acceptors (Lipinski definition) is 6. The van der Waals surface area contributed by atoms with Crippen molar-refractivity contribution in [1.29, 1.82) is 0 Å². The van der Waals surface area contributed by atoms with Gasteiger partial charge in [0.05, 0.1) is 12.6 Å². The molecule has 1 aromatic carbocycles. The van der Waals surface area contributed by atoms with Crippen molar-refractivity contribution in [2.45, 2.75) is 141 Å². The summed E-state index contributed by atoms with van der Waals surface area (Å²) >= 11 is 0. The van der Waals surface area contributed by atoms with E-state index in [-0.39, 0.29) is 29.4 Å². The Hall–Kier alpha value is -2.45. The summed E-state index contributed by atoms with van der Waals surface area (Å²) in [6.07, 6.45) is 11.2. The van der Waals surface area contributed by atoms with Gasteiger partial charge in [0, 0.05) is 11.6 Å². The number of hydrogen-bond donors (Lipinski definition) is 3. The fourth-order valence-electron chi connectivity index (χ4n) is 5.80. The second kappa shape index (κ2) is 17.5. The van der Waals surface area contributed by atoms with Crippen LogP contribution in [0, 0.1) is 5.92 Å². The molecule has 1 aliphatic carbocycles. The van der Waals surface area contributed by atoms with E-state index in [1.54, 1.807) is 11.8 Å². The highest BCUT2D eigenvalue weighted by Gasteiger charge is 2.49. The second-order valence-electron chi connectivity index (χ2n) is 12.9. The van der Waals surface area contributed by atoms with E-state index >= 15 is 0 Å². The maximum atomic E-state index is 13.5. The molecule has 0 radical (unpaired) electrons. The normalized spacial score (nSPS) is 21.4. The summed E-state index contributed by atoms with van der Waals surface area (Å²) in [7, 11) is 0. The van der Waals surface area contributed by atoms with E-state index in [1.165, 1.54) is 19.3 Å². The third-order valence-electron chi connectivity index (χ3n) is 7.79. The van der Waals surface area contributed by atoms with Gasteiger partial charge < -0.3 is 20.5 Å².